The highest BCUT2D eigenvalue weighted by Gasteiger charge is 2.37. The van der Waals surface area contributed by atoms with Crippen LogP contribution in [0.5, 0.6) is 0 Å². The summed E-state index contributed by atoms with van der Waals surface area (Å²) in [5.41, 5.74) is 4.24. The predicted octanol–water partition coefficient (Wildman–Crippen LogP) is 5.89. The average Bonchev–Trinajstić information content (AvgIpc) is 2.55. The van der Waals surface area contributed by atoms with E-state index in [-0.39, 0.29) is 11.4 Å². The molecule has 0 radical (unpaired) electrons. The number of hydrogen-bond donors (Lipinski definition) is 1. The summed E-state index contributed by atoms with van der Waals surface area (Å²) in [6, 6.07) is 0. The molecule has 0 spiro atoms. The maximum Gasteiger partial charge on any atom is 0.340 e. The maximum atomic E-state index is 12.5. The van der Waals surface area contributed by atoms with E-state index in [2.05, 4.69) is 13.8 Å². The third kappa shape index (κ3) is 5.10. The zero-order valence-corrected chi connectivity index (χ0v) is 18.6. The Morgan fingerprint density at radius 1 is 1.22 bits per heavy atom. The molecule has 27 heavy (non-hydrogen) atoms. The fourth-order valence-electron chi connectivity index (χ4n) is 3.97. The van der Waals surface area contributed by atoms with Crippen molar-refractivity contribution >= 4 is 5.97 Å². The van der Waals surface area contributed by atoms with Gasteiger partial charge in [-0.3, -0.25) is 4.98 Å². The molecular formula is C23H39NO3. The summed E-state index contributed by atoms with van der Waals surface area (Å²) in [4.78, 5) is 17.4. The molecular weight excluding hydrogens is 338 g/mol. The van der Waals surface area contributed by atoms with Crippen LogP contribution in [0.15, 0.2) is 0 Å². The van der Waals surface area contributed by atoms with Crippen molar-refractivity contribution in [3.05, 3.63) is 28.1 Å². The topological polar surface area (TPSA) is 59.4 Å². The number of rotatable bonds is 3. The molecule has 3 rings (SSSR count). The Labute approximate surface area is 165 Å². The molecule has 0 aromatic carbocycles. The van der Waals surface area contributed by atoms with Gasteiger partial charge in [0.05, 0.1) is 24.0 Å². The lowest BCUT2D eigenvalue weighted by Gasteiger charge is -2.37. The molecule has 1 aromatic rings. The van der Waals surface area contributed by atoms with Crippen LogP contribution in [0.3, 0.4) is 0 Å². The number of ether oxygens (including phenoxy) is 1. The van der Waals surface area contributed by atoms with Crippen molar-refractivity contribution in [1.82, 2.24) is 4.98 Å². The molecule has 1 unspecified atom stereocenters. The highest BCUT2D eigenvalue weighted by molar-refractivity contribution is 5.93. The summed E-state index contributed by atoms with van der Waals surface area (Å²) < 4.78 is 5.27. The summed E-state index contributed by atoms with van der Waals surface area (Å²) in [6.07, 6.45) is 4.37. The smallest absolute Gasteiger partial charge is 0.340 e. The molecule has 1 heterocycles. The maximum absolute atomic E-state index is 12.5. The summed E-state index contributed by atoms with van der Waals surface area (Å²) in [5.74, 6) is 0.0693. The number of aromatic nitrogens is 1. The van der Waals surface area contributed by atoms with Gasteiger partial charge in [0, 0.05) is 17.2 Å². The Morgan fingerprint density at radius 3 is 2.30 bits per heavy atom. The van der Waals surface area contributed by atoms with E-state index in [0.717, 1.165) is 41.8 Å². The fourth-order valence-corrected chi connectivity index (χ4v) is 3.97. The van der Waals surface area contributed by atoms with Gasteiger partial charge in [-0.25, -0.2) is 4.79 Å². The van der Waals surface area contributed by atoms with Gasteiger partial charge in [-0.2, -0.15) is 0 Å². The standard InChI is InChI=1S/C19H27NO3.2C2H6/c1-5-23-18(22)16-11(2)15-13(9-19(3,4)10-14(15)21)20-17(16)12-7-6-8-12;2*1-2/h12,14,21H,5-10H2,1-4H3;2*1-2H3. The van der Waals surface area contributed by atoms with Gasteiger partial charge in [-0.15, -0.1) is 0 Å². The Kier molecular flexibility index (Phi) is 8.93. The van der Waals surface area contributed by atoms with E-state index in [9.17, 15) is 9.90 Å². The predicted molar refractivity (Wildman–Crippen MR) is 111 cm³/mol. The lowest BCUT2D eigenvalue weighted by atomic mass is 9.72. The molecule has 4 nitrogen and oxygen atoms in total. The van der Waals surface area contributed by atoms with Crippen molar-refractivity contribution in [3.8, 4) is 0 Å². The second-order valence-corrected chi connectivity index (χ2v) is 7.77. The van der Waals surface area contributed by atoms with Crippen LogP contribution in [0, 0.1) is 12.3 Å². The largest absolute Gasteiger partial charge is 0.462 e. The van der Waals surface area contributed by atoms with E-state index in [1.165, 1.54) is 6.42 Å². The van der Waals surface area contributed by atoms with E-state index in [1.54, 1.807) is 0 Å². The number of hydrogen-bond acceptors (Lipinski definition) is 4. The van der Waals surface area contributed by atoms with Gasteiger partial charge in [-0.1, -0.05) is 48.0 Å². The van der Waals surface area contributed by atoms with E-state index < -0.39 is 6.10 Å². The highest BCUT2D eigenvalue weighted by atomic mass is 16.5. The molecule has 1 fully saturated rings. The molecule has 0 aliphatic heterocycles. The van der Waals surface area contributed by atoms with Gasteiger partial charge in [0.2, 0.25) is 0 Å². The highest BCUT2D eigenvalue weighted by Crippen LogP contribution is 2.45. The van der Waals surface area contributed by atoms with Crippen LogP contribution in [0.1, 0.15) is 119 Å². The third-order valence-corrected chi connectivity index (χ3v) is 5.30. The Bertz CT molecular complexity index is 633. The quantitative estimate of drug-likeness (QED) is 0.667. The Balaban J connectivity index is 0.000000855. The van der Waals surface area contributed by atoms with Gasteiger partial charge in [0.15, 0.2) is 0 Å². The number of aliphatic hydroxyl groups is 1. The molecule has 1 N–H and O–H groups in total. The molecule has 0 bridgehead atoms. The fraction of sp³-hybridized carbons (Fsp3) is 0.739. The summed E-state index contributed by atoms with van der Waals surface area (Å²) in [7, 11) is 0. The third-order valence-electron chi connectivity index (χ3n) is 5.30. The van der Waals surface area contributed by atoms with Gasteiger partial charge < -0.3 is 9.84 Å². The van der Waals surface area contributed by atoms with Crippen LogP contribution in [-0.2, 0) is 11.2 Å². The summed E-state index contributed by atoms with van der Waals surface area (Å²) in [6.45, 7) is 16.4. The first-order chi connectivity index (χ1) is 12.8. The molecule has 0 amide bonds. The average molecular weight is 378 g/mol. The van der Waals surface area contributed by atoms with Crippen molar-refractivity contribution in [3.63, 3.8) is 0 Å². The van der Waals surface area contributed by atoms with Crippen molar-refractivity contribution in [2.24, 2.45) is 5.41 Å². The van der Waals surface area contributed by atoms with Crippen LogP contribution in [0.4, 0.5) is 0 Å². The van der Waals surface area contributed by atoms with Crippen LogP contribution < -0.4 is 0 Å². The van der Waals surface area contributed by atoms with Crippen molar-refractivity contribution in [2.75, 3.05) is 6.61 Å². The second kappa shape index (κ2) is 10.2. The molecule has 0 saturated heterocycles. The van der Waals surface area contributed by atoms with Crippen molar-refractivity contribution < 1.29 is 14.6 Å². The van der Waals surface area contributed by atoms with Gasteiger partial charge >= 0.3 is 5.97 Å². The molecule has 154 valence electrons. The first-order valence-electron chi connectivity index (χ1n) is 10.7. The molecule has 2 aliphatic carbocycles. The summed E-state index contributed by atoms with van der Waals surface area (Å²) >= 11 is 0. The van der Waals surface area contributed by atoms with Gasteiger partial charge in [-0.05, 0) is 50.5 Å². The number of carbonyl (C=O) groups is 1. The van der Waals surface area contributed by atoms with Crippen LogP contribution in [0.2, 0.25) is 0 Å². The van der Waals surface area contributed by atoms with E-state index in [1.807, 2.05) is 41.5 Å². The minimum absolute atomic E-state index is 0.0359. The summed E-state index contributed by atoms with van der Waals surface area (Å²) in [5, 5.41) is 10.6. The minimum atomic E-state index is -0.551. The molecule has 1 saturated carbocycles. The monoisotopic (exact) mass is 377 g/mol. The number of pyridine rings is 1. The van der Waals surface area contributed by atoms with Crippen LogP contribution in [0.25, 0.3) is 0 Å². The molecule has 1 atom stereocenters. The Morgan fingerprint density at radius 2 is 1.81 bits per heavy atom. The first kappa shape index (κ1) is 23.6. The van der Waals surface area contributed by atoms with Gasteiger partial charge in [0.25, 0.3) is 0 Å². The lowest BCUT2D eigenvalue weighted by molar-refractivity contribution is 0.0520. The van der Waals surface area contributed by atoms with E-state index in [4.69, 9.17) is 9.72 Å². The van der Waals surface area contributed by atoms with Crippen LogP contribution in [-0.4, -0.2) is 22.7 Å². The van der Waals surface area contributed by atoms with Crippen molar-refractivity contribution in [1.29, 1.82) is 0 Å². The van der Waals surface area contributed by atoms with Gasteiger partial charge in [0.1, 0.15) is 0 Å². The lowest BCUT2D eigenvalue weighted by Crippen LogP contribution is -2.30. The number of nitrogens with zero attached hydrogens (tertiary/aromatic N) is 1. The molecule has 2 aliphatic rings. The normalized spacial score (nSPS) is 20.1. The zero-order valence-electron chi connectivity index (χ0n) is 18.6. The molecule has 1 aromatic heterocycles. The first-order valence-corrected chi connectivity index (χ1v) is 10.7. The van der Waals surface area contributed by atoms with Crippen molar-refractivity contribution in [2.45, 2.75) is 99.5 Å². The SMILES string of the molecule is CC.CC.CCOC(=O)c1c(C2CCC2)nc2c(c1C)C(O)CC(C)(C)C2. The number of carbonyl (C=O) groups excluding carboxylic acids is 1. The van der Waals surface area contributed by atoms with E-state index >= 15 is 0 Å². The number of esters is 1. The second-order valence-electron chi connectivity index (χ2n) is 7.77. The number of fused-ring (bicyclic) bond motifs is 1. The van der Waals surface area contributed by atoms with E-state index in [0.29, 0.717) is 24.5 Å². The number of aliphatic hydroxyl groups excluding tert-OH is 1. The molecule has 4 heteroatoms. The zero-order chi connectivity index (χ0) is 20.8. The Hall–Kier alpha value is -1.42. The minimum Gasteiger partial charge on any atom is -0.462 e. The van der Waals surface area contributed by atoms with Crippen LogP contribution >= 0.6 is 0 Å².